The van der Waals surface area contributed by atoms with E-state index in [-0.39, 0.29) is 5.16 Å². The molecule has 0 aromatic heterocycles. The zero-order valence-electron chi connectivity index (χ0n) is 20.1. The summed E-state index contributed by atoms with van der Waals surface area (Å²) in [5.41, 5.74) is 6.26. The van der Waals surface area contributed by atoms with Gasteiger partial charge in [0.2, 0.25) is 0 Å². The van der Waals surface area contributed by atoms with Gasteiger partial charge in [-0.2, -0.15) is 0 Å². The lowest BCUT2D eigenvalue weighted by Crippen LogP contribution is -2.31. The molecule has 0 heterocycles. The highest BCUT2D eigenvalue weighted by Crippen LogP contribution is 2.57. The minimum absolute atomic E-state index is 0.106. The van der Waals surface area contributed by atoms with Crippen molar-refractivity contribution in [3.05, 3.63) is 58.7 Å². The SMILES string of the molecule is Cc1cc(C)cc(P(c2cc(C)cc(C)c2)[C@H](C)C2CCCC2[P+](=O)C(C)(C)C)c1. The number of hydrogen-bond donors (Lipinski definition) is 0. The Hall–Kier alpha value is -1.03. The lowest BCUT2D eigenvalue weighted by Gasteiger charge is -2.32. The van der Waals surface area contributed by atoms with E-state index in [1.54, 1.807) is 0 Å². The van der Waals surface area contributed by atoms with Crippen LogP contribution in [0, 0.1) is 33.6 Å². The number of benzene rings is 2. The van der Waals surface area contributed by atoms with Gasteiger partial charge in [0, 0.05) is 5.92 Å². The molecule has 0 amide bonds. The Morgan fingerprint density at radius 3 is 1.67 bits per heavy atom. The molecule has 1 nitrogen and oxygen atoms in total. The fourth-order valence-corrected chi connectivity index (χ4v) is 11.0. The van der Waals surface area contributed by atoms with Crippen molar-refractivity contribution >= 4 is 26.3 Å². The van der Waals surface area contributed by atoms with Crippen LogP contribution in [0.1, 0.15) is 69.2 Å². The highest BCUT2D eigenvalue weighted by molar-refractivity contribution is 7.73. The molecule has 0 spiro atoms. The molecule has 30 heavy (non-hydrogen) atoms. The highest BCUT2D eigenvalue weighted by Gasteiger charge is 2.51. The van der Waals surface area contributed by atoms with Crippen molar-refractivity contribution in [3.63, 3.8) is 0 Å². The second-order valence-corrected chi connectivity index (χ2v) is 15.7. The average molecular weight is 442 g/mol. The maximum absolute atomic E-state index is 13.4. The van der Waals surface area contributed by atoms with Gasteiger partial charge in [-0.25, -0.2) is 0 Å². The summed E-state index contributed by atoms with van der Waals surface area (Å²) in [6.45, 7) is 17.8. The topological polar surface area (TPSA) is 17.1 Å². The summed E-state index contributed by atoms with van der Waals surface area (Å²) in [6, 6.07) is 14.2. The average Bonchev–Trinajstić information content (AvgIpc) is 3.08. The van der Waals surface area contributed by atoms with E-state index in [2.05, 4.69) is 91.8 Å². The van der Waals surface area contributed by atoms with E-state index in [9.17, 15) is 4.57 Å². The smallest absolute Gasteiger partial charge is 0.0739 e. The first kappa shape index (κ1) is 23.6. The molecule has 2 aromatic carbocycles. The van der Waals surface area contributed by atoms with Gasteiger partial charge in [-0.15, -0.1) is 0 Å². The number of aryl methyl sites for hydroxylation is 4. The Morgan fingerprint density at radius 1 is 0.833 bits per heavy atom. The quantitative estimate of drug-likeness (QED) is 0.438. The third kappa shape index (κ3) is 5.23. The maximum Gasteiger partial charge on any atom is 0.347 e. The summed E-state index contributed by atoms with van der Waals surface area (Å²) in [5.74, 6) is 0.542. The standard InChI is InChI=1S/C27H39OP2/c1-18-12-19(2)15-23(14-18)29(24-16-20(3)13-21(4)17-24)22(5)25-10-9-11-26(25)30(28)27(6,7)8/h12-17,22,25-26H,9-11H2,1-8H3/q+1/t22-,25?,26?/m1/s1. The van der Waals surface area contributed by atoms with Crippen LogP contribution < -0.4 is 10.6 Å². The third-order valence-corrected chi connectivity index (χ3v) is 11.9. The van der Waals surface area contributed by atoms with Crippen molar-refractivity contribution in [1.82, 2.24) is 0 Å². The minimum Gasteiger partial charge on any atom is -0.0739 e. The molecule has 0 saturated heterocycles. The van der Waals surface area contributed by atoms with Gasteiger partial charge >= 0.3 is 7.80 Å². The van der Waals surface area contributed by atoms with Crippen molar-refractivity contribution in [3.8, 4) is 0 Å². The molecule has 1 aliphatic carbocycles. The molecule has 0 aliphatic heterocycles. The summed E-state index contributed by atoms with van der Waals surface area (Å²) in [5, 5.41) is 2.86. The van der Waals surface area contributed by atoms with Gasteiger partial charge < -0.3 is 0 Å². The molecule has 1 fully saturated rings. The molecule has 3 heteroatoms. The van der Waals surface area contributed by atoms with Gasteiger partial charge in [0.05, 0.1) is 0 Å². The highest BCUT2D eigenvalue weighted by atomic mass is 31.1. The van der Waals surface area contributed by atoms with E-state index >= 15 is 0 Å². The summed E-state index contributed by atoms with van der Waals surface area (Å²) in [4.78, 5) is 0. The van der Waals surface area contributed by atoms with E-state index < -0.39 is 15.7 Å². The molecule has 0 bridgehead atoms. The van der Waals surface area contributed by atoms with Gasteiger partial charge in [-0.3, -0.25) is 0 Å². The van der Waals surface area contributed by atoms with Crippen LogP contribution >= 0.6 is 15.7 Å². The van der Waals surface area contributed by atoms with E-state index in [1.165, 1.54) is 45.7 Å². The molecule has 2 aromatic rings. The third-order valence-electron chi connectivity index (χ3n) is 6.49. The van der Waals surface area contributed by atoms with Crippen molar-refractivity contribution in [1.29, 1.82) is 0 Å². The molecule has 1 saturated carbocycles. The second kappa shape index (κ2) is 9.22. The van der Waals surface area contributed by atoms with Gasteiger partial charge in [0.1, 0.15) is 0 Å². The fraction of sp³-hybridized carbons (Fsp3) is 0.556. The summed E-state index contributed by atoms with van der Waals surface area (Å²) in [6.07, 6.45) is 3.57. The Morgan fingerprint density at radius 2 is 1.27 bits per heavy atom. The normalized spacial score (nSPS) is 21.2. The van der Waals surface area contributed by atoms with Crippen molar-refractivity contribution in [2.75, 3.05) is 0 Å². The lowest BCUT2D eigenvalue weighted by atomic mass is 10.0. The number of rotatable bonds is 5. The first-order valence-corrected chi connectivity index (χ1v) is 14.1. The van der Waals surface area contributed by atoms with Crippen molar-refractivity contribution in [2.24, 2.45) is 5.92 Å². The van der Waals surface area contributed by atoms with Crippen LogP contribution in [0.3, 0.4) is 0 Å². The monoisotopic (exact) mass is 441 g/mol. The predicted molar refractivity (Wildman–Crippen MR) is 136 cm³/mol. The van der Waals surface area contributed by atoms with Crippen LogP contribution in [0.2, 0.25) is 0 Å². The summed E-state index contributed by atoms with van der Waals surface area (Å²) in [7, 11) is -1.73. The second-order valence-electron chi connectivity index (χ2n) is 10.5. The van der Waals surface area contributed by atoms with Gasteiger partial charge in [0.15, 0.2) is 10.8 Å². The van der Waals surface area contributed by atoms with Crippen LogP contribution in [0.4, 0.5) is 0 Å². The van der Waals surface area contributed by atoms with E-state index in [0.717, 1.165) is 6.42 Å². The van der Waals surface area contributed by atoms with Gasteiger partial charge in [-0.1, -0.05) is 70.1 Å². The lowest BCUT2D eigenvalue weighted by molar-refractivity contribution is 0.504. The van der Waals surface area contributed by atoms with Gasteiger partial charge in [0.25, 0.3) is 0 Å². The van der Waals surface area contributed by atoms with Crippen LogP contribution in [-0.4, -0.2) is 16.5 Å². The summed E-state index contributed by atoms with van der Waals surface area (Å²) >= 11 is 0. The maximum atomic E-state index is 13.4. The zero-order chi connectivity index (χ0) is 22.2. The molecule has 3 rings (SSSR count). The Bertz CT molecular complexity index is 833. The fourth-order valence-electron chi connectivity index (χ4n) is 5.31. The molecule has 162 valence electrons. The molecule has 1 aliphatic rings. The van der Waals surface area contributed by atoms with E-state index in [1.807, 2.05) is 0 Å². The molecule has 0 radical (unpaired) electrons. The van der Waals surface area contributed by atoms with Crippen LogP contribution in [0.15, 0.2) is 36.4 Å². The van der Waals surface area contributed by atoms with E-state index in [4.69, 9.17) is 0 Å². The number of hydrogen-bond acceptors (Lipinski definition) is 1. The first-order chi connectivity index (χ1) is 14.0. The molecule has 0 N–H and O–H groups in total. The van der Waals surface area contributed by atoms with Crippen LogP contribution in [0.5, 0.6) is 0 Å². The minimum atomic E-state index is -1.22. The molecular weight excluding hydrogens is 402 g/mol. The zero-order valence-corrected chi connectivity index (χ0v) is 21.9. The molecular formula is C27H39OP2+. The van der Waals surface area contributed by atoms with Gasteiger partial charge in [-0.05, 0) is 91.9 Å². The Kier molecular flexibility index (Phi) is 7.26. The van der Waals surface area contributed by atoms with Crippen LogP contribution in [0.25, 0.3) is 0 Å². The van der Waals surface area contributed by atoms with Crippen molar-refractivity contribution < 1.29 is 4.57 Å². The Labute approximate surface area is 186 Å². The molecule has 3 unspecified atom stereocenters. The first-order valence-electron chi connectivity index (χ1n) is 11.4. The Balaban J connectivity index is 2.08. The van der Waals surface area contributed by atoms with E-state index in [0.29, 0.717) is 17.2 Å². The summed E-state index contributed by atoms with van der Waals surface area (Å²) < 4.78 is 13.4. The van der Waals surface area contributed by atoms with Crippen LogP contribution in [-0.2, 0) is 4.57 Å². The van der Waals surface area contributed by atoms with Crippen molar-refractivity contribution in [2.45, 2.75) is 91.1 Å². The molecule has 4 atom stereocenters. The predicted octanol–water partition coefficient (Wildman–Crippen LogP) is 7.54. The largest absolute Gasteiger partial charge is 0.347 e.